The van der Waals surface area contributed by atoms with Crippen molar-refractivity contribution in [3.05, 3.63) is 76.7 Å². The maximum atomic E-state index is 5.34. The Morgan fingerprint density at radius 3 is 2.58 bits per heavy atom. The molecule has 0 spiro atoms. The van der Waals surface area contributed by atoms with Gasteiger partial charge in [-0.1, -0.05) is 47.6 Å². The van der Waals surface area contributed by atoms with Crippen molar-refractivity contribution < 1.29 is 4.52 Å². The van der Waals surface area contributed by atoms with Gasteiger partial charge in [-0.2, -0.15) is 0 Å². The maximum Gasteiger partial charge on any atom is 0.141 e. The van der Waals surface area contributed by atoms with E-state index in [1.807, 2.05) is 13.8 Å². The molecule has 1 aliphatic rings. The van der Waals surface area contributed by atoms with Gasteiger partial charge in [0.05, 0.1) is 5.69 Å². The topological polar surface area (TPSA) is 29.3 Å². The summed E-state index contributed by atoms with van der Waals surface area (Å²) in [6, 6.07) is 17.6. The van der Waals surface area contributed by atoms with Gasteiger partial charge in [0.25, 0.3) is 0 Å². The molecule has 1 atom stereocenters. The molecule has 3 aromatic rings. The molecule has 2 aromatic carbocycles. The number of aromatic nitrogens is 1. The minimum Gasteiger partial charge on any atom is -0.361 e. The summed E-state index contributed by atoms with van der Waals surface area (Å²) in [7, 11) is 2.20. The Kier molecular flexibility index (Phi) is 3.73. The molecule has 0 fully saturated rings. The molecule has 24 heavy (non-hydrogen) atoms. The number of aryl methyl sites for hydroxylation is 2. The molecule has 1 aromatic heterocycles. The average Bonchev–Trinajstić information content (AvgIpc) is 2.93. The van der Waals surface area contributed by atoms with Crippen LogP contribution in [0, 0.1) is 13.8 Å². The van der Waals surface area contributed by atoms with Crippen LogP contribution in [-0.2, 0) is 6.54 Å². The Hall–Kier alpha value is -2.39. The molecular formula is C21H22N2O. The molecule has 3 heteroatoms. The zero-order valence-corrected chi connectivity index (χ0v) is 14.4. The highest BCUT2D eigenvalue weighted by Crippen LogP contribution is 2.36. The van der Waals surface area contributed by atoms with E-state index in [1.165, 1.54) is 22.3 Å². The molecule has 4 rings (SSSR count). The smallest absolute Gasteiger partial charge is 0.141 e. The first-order valence-electron chi connectivity index (χ1n) is 8.43. The zero-order valence-electron chi connectivity index (χ0n) is 14.4. The summed E-state index contributed by atoms with van der Waals surface area (Å²) in [6.07, 6.45) is 0. The van der Waals surface area contributed by atoms with E-state index in [1.54, 1.807) is 0 Å². The number of rotatable bonds is 2. The molecule has 0 amide bonds. The van der Waals surface area contributed by atoms with Crippen LogP contribution >= 0.6 is 0 Å². The van der Waals surface area contributed by atoms with Crippen LogP contribution < -0.4 is 0 Å². The van der Waals surface area contributed by atoms with Crippen LogP contribution in [0.4, 0.5) is 0 Å². The Bertz CT molecular complexity index is 847. The second-order valence-electron chi connectivity index (χ2n) is 6.77. The highest BCUT2D eigenvalue weighted by Gasteiger charge is 2.25. The van der Waals surface area contributed by atoms with Gasteiger partial charge in [0.1, 0.15) is 5.76 Å². The van der Waals surface area contributed by atoms with Gasteiger partial charge in [-0.25, -0.2) is 0 Å². The first kappa shape index (κ1) is 15.2. The number of hydrogen-bond acceptors (Lipinski definition) is 3. The van der Waals surface area contributed by atoms with Crippen molar-refractivity contribution in [1.82, 2.24) is 10.1 Å². The van der Waals surface area contributed by atoms with Crippen molar-refractivity contribution in [3.8, 4) is 11.1 Å². The summed E-state index contributed by atoms with van der Waals surface area (Å²) < 4.78 is 5.34. The fourth-order valence-corrected chi connectivity index (χ4v) is 3.87. The van der Waals surface area contributed by atoms with E-state index >= 15 is 0 Å². The van der Waals surface area contributed by atoms with Gasteiger partial charge in [-0.05, 0) is 49.2 Å². The van der Waals surface area contributed by atoms with Crippen LogP contribution in [0.25, 0.3) is 11.1 Å². The summed E-state index contributed by atoms with van der Waals surface area (Å²) in [4.78, 5) is 2.40. The standard InChI is InChI=1S/C21H22N2O/c1-14-21(15(2)24-22-14)17-9-10-19-18(11-17)12-23(3)13-20(19)16-7-5-4-6-8-16/h4-11,20H,12-13H2,1-3H3/t20-/m1/s1. The molecule has 1 aliphatic heterocycles. The fourth-order valence-electron chi connectivity index (χ4n) is 3.87. The van der Waals surface area contributed by atoms with Crippen LogP contribution in [0.3, 0.4) is 0 Å². The van der Waals surface area contributed by atoms with Gasteiger partial charge in [0.2, 0.25) is 0 Å². The largest absolute Gasteiger partial charge is 0.361 e. The molecule has 0 bridgehead atoms. The average molecular weight is 318 g/mol. The lowest BCUT2D eigenvalue weighted by molar-refractivity contribution is 0.295. The number of nitrogens with zero attached hydrogens (tertiary/aromatic N) is 2. The molecule has 0 saturated heterocycles. The predicted octanol–water partition coefficient (Wildman–Crippen LogP) is 4.54. The number of benzene rings is 2. The minimum absolute atomic E-state index is 0.429. The van der Waals surface area contributed by atoms with Gasteiger partial charge in [0.15, 0.2) is 0 Å². The van der Waals surface area contributed by atoms with E-state index < -0.39 is 0 Å². The van der Waals surface area contributed by atoms with Crippen molar-refractivity contribution in [2.75, 3.05) is 13.6 Å². The molecule has 0 aliphatic carbocycles. The molecular weight excluding hydrogens is 296 g/mol. The molecule has 3 nitrogen and oxygen atoms in total. The van der Waals surface area contributed by atoms with Crippen molar-refractivity contribution in [2.24, 2.45) is 0 Å². The first-order valence-corrected chi connectivity index (χ1v) is 8.43. The van der Waals surface area contributed by atoms with E-state index in [4.69, 9.17) is 4.52 Å². The number of likely N-dealkylation sites (N-methyl/N-ethyl adjacent to an activating group) is 1. The van der Waals surface area contributed by atoms with Crippen LogP contribution in [0.5, 0.6) is 0 Å². The van der Waals surface area contributed by atoms with Gasteiger partial charge in [-0.3, -0.25) is 0 Å². The fraction of sp³-hybridized carbons (Fsp3) is 0.286. The second-order valence-corrected chi connectivity index (χ2v) is 6.77. The van der Waals surface area contributed by atoms with Crippen LogP contribution in [-0.4, -0.2) is 23.6 Å². The maximum absolute atomic E-state index is 5.34. The summed E-state index contributed by atoms with van der Waals surface area (Å²) >= 11 is 0. The molecule has 0 radical (unpaired) electrons. The molecule has 0 N–H and O–H groups in total. The van der Waals surface area contributed by atoms with E-state index in [0.29, 0.717) is 5.92 Å². The van der Waals surface area contributed by atoms with Gasteiger partial charge < -0.3 is 9.42 Å². The predicted molar refractivity (Wildman–Crippen MR) is 96.0 cm³/mol. The third-order valence-corrected chi connectivity index (χ3v) is 4.98. The van der Waals surface area contributed by atoms with Crippen LogP contribution in [0.1, 0.15) is 34.1 Å². The quantitative estimate of drug-likeness (QED) is 0.695. The van der Waals surface area contributed by atoms with Gasteiger partial charge >= 0.3 is 0 Å². The second kappa shape index (κ2) is 5.91. The highest BCUT2D eigenvalue weighted by molar-refractivity contribution is 5.69. The normalized spacial score (nSPS) is 17.7. The Morgan fingerprint density at radius 1 is 1.08 bits per heavy atom. The molecule has 2 heterocycles. The third kappa shape index (κ3) is 2.55. The van der Waals surface area contributed by atoms with Crippen molar-refractivity contribution in [1.29, 1.82) is 0 Å². The summed E-state index contributed by atoms with van der Waals surface area (Å²) in [5, 5.41) is 4.10. The van der Waals surface area contributed by atoms with E-state index in [-0.39, 0.29) is 0 Å². The molecule has 0 saturated carbocycles. The van der Waals surface area contributed by atoms with E-state index in [2.05, 4.69) is 65.6 Å². The SMILES string of the molecule is Cc1noc(C)c1-c1ccc2c(c1)CN(C)C[C@@H]2c1ccccc1. The lowest BCUT2D eigenvalue weighted by atomic mass is 9.83. The zero-order chi connectivity index (χ0) is 16.7. The Labute approximate surface area is 142 Å². The van der Waals surface area contributed by atoms with Gasteiger partial charge in [-0.15, -0.1) is 0 Å². The monoisotopic (exact) mass is 318 g/mol. The van der Waals surface area contributed by atoms with Crippen LogP contribution in [0.2, 0.25) is 0 Å². The summed E-state index contributed by atoms with van der Waals surface area (Å²) in [5.74, 6) is 1.31. The van der Waals surface area contributed by atoms with E-state index in [0.717, 1.165) is 30.1 Å². The molecule has 122 valence electrons. The molecule has 0 unspecified atom stereocenters. The van der Waals surface area contributed by atoms with Crippen molar-refractivity contribution in [2.45, 2.75) is 26.3 Å². The summed E-state index contributed by atoms with van der Waals surface area (Å²) in [6.45, 7) is 6.02. The lowest BCUT2D eigenvalue weighted by Gasteiger charge is -2.33. The first-order chi connectivity index (χ1) is 11.6. The minimum atomic E-state index is 0.429. The number of fused-ring (bicyclic) bond motifs is 1. The van der Waals surface area contributed by atoms with Crippen molar-refractivity contribution in [3.63, 3.8) is 0 Å². The summed E-state index contributed by atoms with van der Waals surface area (Å²) in [5.41, 5.74) is 7.51. The van der Waals surface area contributed by atoms with E-state index in [9.17, 15) is 0 Å². The number of hydrogen-bond donors (Lipinski definition) is 0. The Morgan fingerprint density at radius 2 is 1.88 bits per heavy atom. The lowest BCUT2D eigenvalue weighted by Crippen LogP contribution is -2.31. The van der Waals surface area contributed by atoms with Crippen LogP contribution in [0.15, 0.2) is 53.1 Å². The third-order valence-electron chi connectivity index (χ3n) is 4.98. The van der Waals surface area contributed by atoms with Gasteiger partial charge in [0, 0.05) is 24.6 Å². The Balaban J connectivity index is 1.80. The van der Waals surface area contributed by atoms with Crippen molar-refractivity contribution >= 4 is 0 Å². The highest BCUT2D eigenvalue weighted by atomic mass is 16.5.